The fourth-order valence-corrected chi connectivity index (χ4v) is 3.07. The lowest BCUT2D eigenvalue weighted by Gasteiger charge is -2.36. The molecule has 1 heterocycles. The Morgan fingerprint density at radius 3 is 2.33 bits per heavy atom. The van der Waals surface area contributed by atoms with Gasteiger partial charge in [-0.3, -0.25) is 9.69 Å². The molecule has 3 rings (SSSR count). The number of carbonyl (C=O) groups excluding carboxylic acids is 1. The summed E-state index contributed by atoms with van der Waals surface area (Å²) in [6.07, 6.45) is 0. The van der Waals surface area contributed by atoms with Gasteiger partial charge in [-0.15, -0.1) is 0 Å². The van der Waals surface area contributed by atoms with Gasteiger partial charge in [-0.1, -0.05) is 24.3 Å². The summed E-state index contributed by atoms with van der Waals surface area (Å²) in [6, 6.07) is 15.7. The summed E-state index contributed by atoms with van der Waals surface area (Å²) in [4.78, 5) is 15.9. The molecule has 0 atom stereocenters. The standard InChI is InChI=1S/C19H23N3O2/c1-24-18-5-3-2-4-17(18)22-12-10-21(11-13-22)14-15-6-8-16(9-7-15)19(20)23/h2-9H,10-14H2,1H3,(H2,20,23). The van der Waals surface area contributed by atoms with E-state index in [9.17, 15) is 4.79 Å². The van der Waals surface area contributed by atoms with Crippen molar-refractivity contribution < 1.29 is 9.53 Å². The van der Waals surface area contributed by atoms with Gasteiger partial charge in [0.05, 0.1) is 12.8 Å². The summed E-state index contributed by atoms with van der Waals surface area (Å²) >= 11 is 0. The number of carbonyl (C=O) groups is 1. The molecular weight excluding hydrogens is 302 g/mol. The Morgan fingerprint density at radius 1 is 1.04 bits per heavy atom. The number of nitrogens with zero attached hydrogens (tertiary/aromatic N) is 2. The van der Waals surface area contributed by atoms with Crippen molar-refractivity contribution in [3.8, 4) is 5.75 Å². The number of para-hydroxylation sites is 2. The second-order valence-electron chi connectivity index (χ2n) is 6.00. The lowest BCUT2D eigenvalue weighted by Crippen LogP contribution is -2.46. The van der Waals surface area contributed by atoms with Gasteiger partial charge in [0, 0.05) is 38.3 Å². The molecule has 2 N–H and O–H groups in total. The van der Waals surface area contributed by atoms with Gasteiger partial charge in [-0.25, -0.2) is 0 Å². The molecule has 1 amide bonds. The van der Waals surface area contributed by atoms with Gasteiger partial charge >= 0.3 is 0 Å². The number of benzene rings is 2. The van der Waals surface area contributed by atoms with Crippen molar-refractivity contribution in [1.29, 1.82) is 0 Å². The predicted octanol–water partition coefficient (Wildman–Crippen LogP) is 2.12. The van der Waals surface area contributed by atoms with Crippen LogP contribution in [0.5, 0.6) is 5.75 Å². The van der Waals surface area contributed by atoms with E-state index in [0.29, 0.717) is 5.56 Å². The van der Waals surface area contributed by atoms with Crippen molar-refractivity contribution in [3.05, 3.63) is 59.7 Å². The molecule has 1 aliphatic rings. The molecule has 0 unspecified atom stereocenters. The zero-order valence-electron chi connectivity index (χ0n) is 13.9. The molecule has 2 aromatic carbocycles. The van der Waals surface area contributed by atoms with E-state index in [0.717, 1.165) is 44.2 Å². The van der Waals surface area contributed by atoms with Crippen LogP contribution in [0.1, 0.15) is 15.9 Å². The van der Waals surface area contributed by atoms with Crippen molar-refractivity contribution in [3.63, 3.8) is 0 Å². The highest BCUT2D eigenvalue weighted by molar-refractivity contribution is 5.92. The van der Waals surface area contributed by atoms with Crippen LogP contribution < -0.4 is 15.4 Å². The summed E-state index contributed by atoms with van der Waals surface area (Å²) in [5.41, 5.74) is 8.19. The van der Waals surface area contributed by atoms with Gasteiger partial charge in [-0.2, -0.15) is 0 Å². The maximum atomic E-state index is 11.1. The highest BCUT2D eigenvalue weighted by Gasteiger charge is 2.19. The molecule has 0 aliphatic carbocycles. The third kappa shape index (κ3) is 3.68. The minimum atomic E-state index is -0.382. The lowest BCUT2D eigenvalue weighted by atomic mass is 10.1. The molecule has 1 aliphatic heterocycles. The lowest BCUT2D eigenvalue weighted by molar-refractivity contribution is 0.100. The van der Waals surface area contributed by atoms with E-state index in [1.54, 1.807) is 19.2 Å². The number of piperazine rings is 1. The molecule has 0 saturated carbocycles. The maximum absolute atomic E-state index is 11.1. The molecule has 5 nitrogen and oxygen atoms in total. The Morgan fingerprint density at radius 2 is 1.71 bits per heavy atom. The van der Waals surface area contributed by atoms with Crippen molar-refractivity contribution in [2.24, 2.45) is 5.73 Å². The first-order chi connectivity index (χ1) is 11.7. The minimum absolute atomic E-state index is 0.382. The highest BCUT2D eigenvalue weighted by atomic mass is 16.5. The van der Waals surface area contributed by atoms with Crippen molar-refractivity contribution in [2.75, 3.05) is 38.2 Å². The van der Waals surface area contributed by atoms with E-state index in [-0.39, 0.29) is 5.91 Å². The molecule has 0 bridgehead atoms. The predicted molar refractivity (Wildman–Crippen MR) is 95.4 cm³/mol. The van der Waals surface area contributed by atoms with Crippen LogP contribution >= 0.6 is 0 Å². The second-order valence-corrected chi connectivity index (χ2v) is 6.00. The average Bonchev–Trinajstić information content (AvgIpc) is 2.63. The molecule has 0 spiro atoms. The number of methoxy groups -OCH3 is 1. The van der Waals surface area contributed by atoms with Crippen molar-refractivity contribution in [1.82, 2.24) is 4.90 Å². The number of anilines is 1. The van der Waals surface area contributed by atoms with Gasteiger partial charge in [0.15, 0.2) is 0 Å². The summed E-state index contributed by atoms with van der Waals surface area (Å²) < 4.78 is 5.46. The van der Waals surface area contributed by atoms with E-state index in [1.807, 2.05) is 30.3 Å². The zero-order valence-corrected chi connectivity index (χ0v) is 13.9. The smallest absolute Gasteiger partial charge is 0.248 e. The minimum Gasteiger partial charge on any atom is -0.495 e. The second kappa shape index (κ2) is 7.36. The molecule has 1 saturated heterocycles. The summed E-state index contributed by atoms with van der Waals surface area (Å²) in [7, 11) is 1.71. The summed E-state index contributed by atoms with van der Waals surface area (Å²) in [6.45, 7) is 4.82. The van der Waals surface area contributed by atoms with Crippen LogP contribution in [0.2, 0.25) is 0 Å². The topological polar surface area (TPSA) is 58.8 Å². The molecule has 5 heteroatoms. The van der Waals surface area contributed by atoms with Gasteiger partial charge in [0.25, 0.3) is 0 Å². The van der Waals surface area contributed by atoms with E-state index in [1.165, 1.54) is 5.56 Å². The summed E-state index contributed by atoms with van der Waals surface area (Å²) in [5.74, 6) is 0.542. The van der Waals surface area contributed by atoms with Crippen molar-refractivity contribution >= 4 is 11.6 Å². The third-order valence-electron chi connectivity index (χ3n) is 4.44. The average molecular weight is 325 g/mol. The number of hydrogen-bond acceptors (Lipinski definition) is 4. The quantitative estimate of drug-likeness (QED) is 0.915. The number of amides is 1. The monoisotopic (exact) mass is 325 g/mol. The number of ether oxygens (including phenoxy) is 1. The maximum Gasteiger partial charge on any atom is 0.248 e. The van der Waals surface area contributed by atoms with E-state index in [4.69, 9.17) is 10.5 Å². The van der Waals surface area contributed by atoms with Gasteiger partial charge in [0.2, 0.25) is 5.91 Å². The molecule has 126 valence electrons. The van der Waals surface area contributed by atoms with Crippen LogP contribution in [-0.4, -0.2) is 44.1 Å². The number of nitrogens with two attached hydrogens (primary N) is 1. The SMILES string of the molecule is COc1ccccc1N1CCN(Cc2ccc(C(N)=O)cc2)CC1. The Kier molecular flexibility index (Phi) is 5.01. The Hall–Kier alpha value is -2.53. The van der Waals surface area contributed by atoms with Gasteiger partial charge in [0.1, 0.15) is 5.75 Å². The van der Waals surface area contributed by atoms with E-state index < -0.39 is 0 Å². The first kappa shape index (κ1) is 16.3. The number of hydrogen-bond donors (Lipinski definition) is 1. The van der Waals surface area contributed by atoms with Crippen LogP contribution in [0, 0.1) is 0 Å². The Balaban J connectivity index is 1.58. The van der Waals surface area contributed by atoms with Gasteiger partial charge in [-0.05, 0) is 29.8 Å². The van der Waals surface area contributed by atoms with Crippen LogP contribution in [0.3, 0.4) is 0 Å². The Bertz CT molecular complexity index is 692. The molecule has 1 fully saturated rings. The van der Waals surface area contributed by atoms with Crippen LogP contribution in [0.4, 0.5) is 5.69 Å². The van der Waals surface area contributed by atoms with Crippen molar-refractivity contribution in [2.45, 2.75) is 6.54 Å². The molecule has 0 aromatic heterocycles. The molecular formula is C19H23N3O2. The third-order valence-corrected chi connectivity index (χ3v) is 4.44. The number of primary amides is 1. The largest absolute Gasteiger partial charge is 0.495 e. The normalized spacial score (nSPS) is 15.3. The molecule has 0 radical (unpaired) electrons. The van der Waals surface area contributed by atoms with Crippen LogP contribution in [-0.2, 0) is 6.54 Å². The van der Waals surface area contributed by atoms with Gasteiger partial charge < -0.3 is 15.4 Å². The van der Waals surface area contributed by atoms with Crippen LogP contribution in [0.25, 0.3) is 0 Å². The Labute approximate surface area is 142 Å². The van der Waals surface area contributed by atoms with Crippen LogP contribution in [0.15, 0.2) is 48.5 Å². The molecule has 2 aromatic rings. The number of rotatable bonds is 5. The fraction of sp³-hybridized carbons (Fsp3) is 0.316. The summed E-state index contributed by atoms with van der Waals surface area (Å²) in [5, 5.41) is 0. The first-order valence-electron chi connectivity index (χ1n) is 8.16. The van der Waals surface area contributed by atoms with E-state index >= 15 is 0 Å². The molecule has 24 heavy (non-hydrogen) atoms. The fourth-order valence-electron chi connectivity index (χ4n) is 3.07. The van der Waals surface area contributed by atoms with E-state index in [2.05, 4.69) is 15.9 Å². The zero-order chi connectivity index (χ0) is 16.9. The first-order valence-corrected chi connectivity index (χ1v) is 8.16. The highest BCUT2D eigenvalue weighted by Crippen LogP contribution is 2.28.